The minimum Gasteiger partial charge on any atom is -0.389 e. The van der Waals surface area contributed by atoms with Crippen LogP contribution in [0.2, 0.25) is 0 Å². The summed E-state index contributed by atoms with van der Waals surface area (Å²) in [5.41, 5.74) is 0. The smallest absolute Gasteiger partial charge is 0.176 e. The molecule has 0 spiro atoms. The number of hydrogen-bond acceptors (Lipinski definition) is 4. The summed E-state index contributed by atoms with van der Waals surface area (Å²) in [5.74, 6) is 0. The van der Waals surface area contributed by atoms with Crippen molar-refractivity contribution in [1.82, 2.24) is 5.32 Å². The van der Waals surface area contributed by atoms with Crippen molar-refractivity contribution in [3.63, 3.8) is 0 Å². The summed E-state index contributed by atoms with van der Waals surface area (Å²) in [7, 11) is 0. The molecule has 0 aliphatic rings. The largest absolute Gasteiger partial charge is 0.389 e. The summed E-state index contributed by atoms with van der Waals surface area (Å²) < 4.78 is 4.89. The number of aliphatic hydroxyl groups excluding tert-OH is 1. The van der Waals surface area contributed by atoms with Gasteiger partial charge in [-0.05, 0) is 6.92 Å². The molecule has 0 aromatic rings. The molecular weight excluding hydrogens is 132 g/mol. The molecule has 0 aliphatic carbocycles. The molecule has 0 aromatic heterocycles. The number of ether oxygens (including phenoxy) is 1. The van der Waals surface area contributed by atoms with Crippen molar-refractivity contribution in [2.75, 3.05) is 19.8 Å². The number of nitrogens with one attached hydrogen (secondary N) is 1. The number of hydrogen-bond donors (Lipinski definition) is 2. The predicted octanol–water partition coefficient (Wildman–Crippen LogP) is -0.546. The Labute approximate surface area is 60.4 Å². The lowest BCUT2D eigenvalue weighted by atomic mass is 10.4. The summed E-state index contributed by atoms with van der Waals surface area (Å²) in [6.07, 6.45) is 1.13. The Kier molecular flexibility index (Phi) is 5.83. The highest BCUT2D eigenvalue weighted by molar-refractivity contribution is 4.68. The van der Waals surface area contributed by atoms with Crippen molar-refractivity contribution in [2.45, 2.75) is 13.0 Å². The van der Waals surface area contributed by atoms with Gasteiger partial charge in [-0.1, -0.05) is 0 Å². The van der Waals surface area contributed by atoms with Crippen LogP contribution in [0.1, 0.15) is 6.92 Å². The topological polar surface area (TPSA) is 65.3 Å². The van der Waals surface area contributed by atoms with E-state index < -0.39 is 6.10 Å². The standard InChI is InChI=1S/C6H12N2O2/c1-2-10-4-6(9)3-8-5-7/h6,8-9H,2-4H2,1H3. The van der Waals surface area contributed by atoms with E-state index in [1.807, 2.05) is 6.92 Å². The van der Waals surface area contributed by atoms with Crippen LogP contribution in [0.3, 0.4) is 0 Å². The van der Waals surface area contributed by atoms with E-state index in [-0.39, 0.29) is 13.2 Å². The van der Waals surface area contributed by atoms with Gasteiger partial charge in [-0.3, -0.25) is 0 Å². The Morgan fingerprint density at radius 1 is 1.80 bits per heavy atom. The van der Waals surface area contributed by atoms with E-state index in [2.05, 4.69) is 5.32 Å². The molecule has 58 valence electrons. The van der Waals surface area contributed by atoms with Crippen LogP contribution in [0.4, 0.5) is 0 Å². The molecule has 4 nitrogen and oxygen atoms in total. The molecule has 0 saturated carbocycles. The fraction of sp³-hybridized carbons (Fsp3) is 0.833. The Balaban J connectivity index is 3.10. The van der Waals surface area contributed by atoms with Gasteiger partial charge in [0.25, 0.3) is 0 Å². The van der Waals surface area contributed by atoms with Gasteiger partial charge in [0, 0.05) is 6.61 Å². The lowest BCUT2D eigenvalue weighted by molar-refractivity contribution is 0.0448. The van der Waals surface area contributed by atoms with Gasteiger partial charge in [0.15, 0.2) is 6.19 Å². The second-order valence-corrected chi connectivity index (χ2v) is 1.81. The number of nitriles is 1. The Hall–Kier alpha value is -0.790. The Morgan fingerprint density at radius 3 is 3.00 bits per heavy atom. The molecule has 0 aromatic carbocycles. The lowest BCUT2D eigenvalue weighted by Gasteiger charge is -2.07. The van der Waals surface area contributed by atoms with Crippen molar-refractivity contribution in [2.24, 2.45) is 0 Å². The van der Waals surface area contributed by atoms with Gasteiger partial charge in [0.2, 0.25) is 0 Å². The second kappa shape index (κ2) is 6.33. The molecule has 0 rings (SSSR count). The Bertz CT molecular complexity index is 111. The number of aliphatic hydroxyl groups is 1. The van der Waals surface area contributed by atoms with Crippen LogP contribution in [0.15, 0.2) is 0 Å². The van der Waals surface area contributed by atoms with Crippen LogP contribution < -0.4 is 5.32 Å². The van der Waals surface area contributed by atoms with Crippen LogP contribution in [0, 0.1) is 11.5 Å². The van der Waals surface area contributed by atoms with Crippen molar-refractivity contribution < 1.29 is 9.84 Å². The van der Waals surface area contributed by atoms with Gasteiger partial charge >= 0.3 is 0 Å². The van der Waals surface area contributed by atoms with E-state index in [1.165, 1.54) is 0 Å². The second-order valence-electron chi connectivity index (χ2n) is 1.81. The van der Waals surface area contributed by atoms with Crippen LogP contribution in [-0.2, 0) is 4.74 Å². The molecule has 0 amide bonds. The fourth-order valence-corrected chi connectivity index (χ4v) is 0.476. The molecule has 0 heterocycles. The predicted molar refractivity (Wildman–Crippen MR) is 36.1 cm³/mol. The lowest BCUT2D eigenvalue weighted by Crippen LogP contribution is -2.27. The average molecular weight is 144 g/mol. The highest BCUT2D eigenvalue weighted by Gasteiger charge is 2.00. The average Bonchev–Trinajstić information content (AvgIpc) is 1.97. The van der Waals surface area contributed by atoms with Crippen molar-refractivity contribution >= 4 is 0 Å². The van der Waals surface area contributed by atoms with Crippen molar-refractivity contribution in [3.8, 4) is 6.19 Å². The molecule has 4 heteroatoms. The quantitative estimate of drug-likeness (QED) is 0.401. The minimum atomic E-state index is -0.584. The summed E-state index contributed by atoms with van der Waals surface area (Å²) in [6.45, 7) is 2.98. The third-order valence-corrected chi connectivity index (χ3v) is 0.931. The summed E-state index contributed by atoms with van der Waals surface area (Å²) in [6, 6.07) is 0. The summed E-state index contributed by atoms with van der Waals surface area (Å²) in [4.78, 5) is 0. The molecule has 0 fully saturated rings. The minimum absolute atomic E-state index is 0.260. The van der Waals surface area contributed by atoms with Gasteiger partial charge in [-0.25, -0.2) is 0 Å². The van der Waals surface area contributed by atoms with E-state index in [1.54, 1.807) is 6.19 Å². The maximum absolute atomic E-state index is 8.97. The first-order chi connectivity index (χ1) is 4.81. The van der Waals surface area contributed by atoms with Crippen LogP contribution in [-0.4, -0.2) is 31.0 Å². The van der Waals surface area contributed by atoms with Crippen LogP contribution >= 0.6 is 0 Å². The first-order valence-corrected chi connectivity index (χ1v) is 3.19. The van der Waals surface area contributed by atoms with E-state index in [0.29, 0.717) is 6.61 Å². The fourth-order valence-electron chi connectivity index (χ4n) is 0.476. The zero-order chi connectivity index (χ0) is 7.82. The first-order valence-electron chi connectivity index (χ1n) is 3.19. The van der Waals surface area contributed by atoms with Gasteiger partial charge in [-0.15, -0.1) is 0 Å². The van der Waals surface area contributed by atoms with Gasteiger partial charge in [-0.2, -0.15) is 5.26 Å². The Morgan fingerprint density at radius 2 is 2.50 bits per heavy atom. The molecular formula is C6H12N2O2. The van der Waals surface area contributed by atoms with E-state index in [9.17, 15) is 0 Å². The van der Waals surface area contributed by atoms with Gasteiger partial charge in [0.05, 0.1) is 19.3 Å². The van der Waals surface area contributed by atoms with Crippen molar-refractivity contribution in [3.05, 3.63) is 0 Å². The molecule has 0 bridgehead atoms. The molecule has 0 saturated heterocycles. The third-order valence-electron chi connectivity index (χ3n) is 0.931. The highest BCUT2D eigenvalue weighted by Crippen LogP contribution is 1.81. The summed E-state index contributed by atoms with van der Waals surface area (Å²) in [5, 5.41) is 19.3. The molecule has 1 atom stereocenters. The maximum atomic E-state index is 8.97. The van der Waals surface area contributed by atoms with E-state index >= 15 is 0 Å². The normalized spacial score (nSPS) is 12.1. The highest BCUT2D eigenvalue weighted by atomic mass is 16.5. The molecule has 1 unspecified atom stereocenters. The first kappa shape index (κ1) is 9.21. The number of rotatable bonds is 5. The van der Waals surface area contributed by atoms with Gasteiger partial charge in [0.1, 0.15) is 0 Å². The SMILES string of the molecule is CCOCC(O)CNC#N. The zero-order valence-electron chi connectivity index (χ0n) is 6.00. The third kappa shape index (κ3) is 5.35. The molecule has 0 aliphatic heterocycles. The number of nitrogens with zero attached hydrogens (tertiary/aromatic N) is 1. The molecule has 0 radical (unpaired) electrons. The monoisotopic (exact) mass is 144 g/mol. The van der Waals surface area contributed by atoms with E-state index in [4.69, 9.17) is 15.1 Å². The zero-order valence-corrected chi connectivity index (χ0v) is 6.00. The summed E-state index contributed by atoms with van der Waals surface area (Å²) >= 11 is 0. The van der Waals surface area contributed by atoms with Gasteiger partial charge < -0.3 is 15.2 Å². The maximum Gasteiger partial charge on any atom is 0.176 e. The van der Waals surface area contributed by atoms with Crippen molar-refractivity contribution in [1.29, 1.82) is 5.26 Å². The van der Waals surface area contributed by atoms with E-state index in [0.717, 1.165) is 0 Å². The van der Waals surface area contributed by atoms with Crippen LogP contribution in [0.5, 0.6) is 0 Å². The van der Waals surface area contributed by atoms with Crippen LogP contribution in [0.25, 0.3) is 0 Å². The molecule has 2 N–H and O–H groups in total. The molecule has 10 heavy (non-hydrogen) atoms.